The Balaban J connectivity index is 1.45. The van der Waals surface area contributed by atoms with Crippen molar-refractivity contribution in [2.24, 2.45) is 0 Å². The van der Waals surface area contributed by atoms with Gasteiger partial charge in [0.1, 0.15) is 18.2 Å². The van der Waals surface area contributed by atoms with Crippen LogP contribution in [0.1, 0.15) is 5.69 Å². The lowest BCUT2D eigenvalue weighted by molar-refractivity contribution is -0.146. The van der Waals surface area contributed by atoms with E-state index in [1.807, 2.05) is 35.7 Å². The maximum Gasteiger partial charge on any atom is 0.328 e. The maximum absolute atomic E-state index is 12.4. The smallest absolute Gasteiger partial charge is 0.328 e. The molecule has 7 nitrogen and oxygen atoms in total. The van der Waals surface area contributed by atoms with Crippen molar-refractivity contribution in [3.05, 3.63) is 86.4 Å². The molecule has 0 amide bonds. The number of hydrogen-bond donors (Lipinski definition) is 1. The third-order valence-electron chi connectivity index (χ3n) is 4.12. The molecule has 2 aromatic carbocycles. The number of aromatic amines is 1. The topological polar surface area (TPSA) is 94.1 Å². The molecule has 2 aromatic heterocycles. The number of rotatable bonds is 5. The average Bonchev–Trinajstić information content (AvgIpc) is 3.20. The third kappa shape index (κ3) is 3.63. The van der Waals surface area contributed by atoms with E-state index in [1.54, 1.807) is 24.3 Å². The molecule has 28 heavy (non-hydrogen) atoms. The van der Waals surface area contributed by atoms with Gasteiger partial charge in [-0.25, -0.2) is 9.67 Å². The highest BCUT2D eigenvalue weighted by Gasteiger charge is 2.12. The number of H-pyrrole nitrogens is 1. The Labute approximate surface area is 162 Å². The van der Waals surface area contributed by atoms with Crippen LogP contribution in [0, 0.1) is 0 Å². The zero-order valence-corrected chi connectivity index (χ0v) is 15.4. The van der Waals surface area contributed by atoms with Crippen LogP contribution in [0.2, 0.25) is 0 Å². The number of esters is 1. The van der Waals surface area contributed by atoms with E-state index in [0.29, 0.717) is 5.69 Å². The Bertz CT molecular complexity index is 1260. The minimum atomic E-state index is -0.637. The highest BCUT2D eigenvalue weighted by molar-refractivity contribution is 7.13. The minimum absolute atomic E-state index is 0.00523. The number of ether oxygens (including phenoxy) is 1. The molecule has 0 saturated heterocycles. The van der Waals surface area contributed by atoms with Gasteiger partial charge in [-0.05, 0) is 12.1 Å². The Morgan fingerprint density at radius 2 is 1.75 bits per heavy atom. The van der Waals surface area contributed by atoms with E-state index in [-0.39, 0.29) is 23.9 Å². The van der Waals surface area contributed by atoms with Crippen LogP contribution < -0.4 is 11.1 Å². The van der Waals surface area contributed by atoms with E-state index < -0.39 is 17.1 Å². The summed E-state index contributed by atoms with van der Waals surface area (Å²) in [5, 5.41) is 5.60. The fourth-order valence-corrected chi connectivity index (χ4v) is 3.58. The first-order valence-electron chi connectivity index (χ1n) is 8.49. The summed E-state index contributed by atoms with van der Waals surface area (Å²) in [4.78, 5) is 41.1. The molecule has 8 heteroatoms. The van der Waals surface area contributed by atoms with Crippen molar-refractivity contribution in [1.82, 2.24) is 14.8 Å². The number of carbonyl (C=O) groups excluding carboxylic acids is 1. The minimum Gasteiger partial charge on any atom is -0.458 e. The average molecular weight is 393 g/mol. The van der Waals surface area contributed by atoms with Crippen LogP contribution in [0.15, 0.2) is 69.6 Å². The van der Waals surface area contributed by atoms with Crippen LogP contribution in [-0.4, -0.2) is 20.7 Å². The van der Waals surface area contributed by atoms with Crippen molar-refractivity contribution in [2.45, 2.75) is 13.2 Å². The summed E-state index contributed by atoms with van der Waals surface area (Å²) >= 11 is 1.46. The van der Waals surface area contributed by atoms with Gasteiger partial charge >= 0.3 is 5.97 Å². The molecule has 0 fully saturated rings. The second-order valence-corrected chi connectivity index (χ2v) is 6.91. The van der Waals surface area contributed by atoms with Crippen LogP contribution in [0.25, 0.3) is 21.3 Å². The number of hydrogen-bond acceptors (Lipinski definition) is 6. The zero-order valence-electron chi connectivity index (χ0n) is 14.6. The van der Waals surface area contributed by atoms with Crippen molar-refractivity contribution < 1.29 is 9.53 Å². The summed E-state index contributed by atoms with van der Waals surface area (Å²) in [6.45, 7) is -0.386. The van der Waals surface area contributed by atoms with Gasteiger partial charge in [-0.1, -0.05) is 42.5 Å². The monoisotopic (exact) mass is 393 g/mol. The molecule has 4 aromatic rings. The Morgan fingerprint density at radius 1 is 1.04 bits per heavy atom. The van der Waals surface area contributed by atoms with Crippen LogP contribution in [0.3, 0.4) is 0 Å². The molecule has 140 valence electrons. The van der Waals surface area contributed by atoms with Gasteiger partial charge < -0.3 is 4.74 Å². The molecule has 4 rings (SSSR count). The molecule has 1 N–H and O–H groups in total. The number of carbonyl (C=O) groups is 1. The number of nitrogens with zero attached hydrogens (tertiary/aromatic N) is 2. The van der Waals surface area contributed by atoms with Gasteiger partial charge in [0, 0.05) is 10.9 Å². The van der Waals surface area contributed by atoms with Gasteiger partial charge in [-0.15, -0.1) is 11.3 Å². The number of nitrogens with one attached hydrogen (secondary N) is 1. The van der Waals surface area contributed by atoms with Gasteiger partial charge in [0.25, 0.3) is 11.1 Å². The Kier molecular flexibility index (Phi) is 4.86. The molecule has 0 saturated carbocycles. The summed E-state index contributed by atoms with van der Waals surface area (Å²) in [6, 6.07) is 16.1. The molecule has 0 aliphatic heterocycles. The molecule has 0 atom stereocenters. The first-order chi connectivity index (χ1) is 13.6. The number of fused-ring (bicyclic) bond motifs is 1. The van der Waals surface area contributed by atoms with Crippen LogP contribution >= 0.6 is 11.3 Å². The highest BCUT2D eigenvalue weighted by Crippen LogP contribution is 2.23. The quantitative estimate of drug-likeness (QED) is 0.526. The van der Waals surface area contributed by atoms with Gasteiger partial charge in [-0.3, -0.25) is 19.5 Å². The Morgan fingerprint density at radius 3 is 2.54 bits per heavy atom. The molecular formula is C20H15N3O4S. The molecule has 0 unspecified atom stereocenters. The van der Waals surface area contributed by atoms with Crippen molar-refractivity contribution in [3.63, 3.8) is 0 Å². The van der Waals surface area contributed by atoms with Crippen LogP contribution in [0.4, 0.5) is 0 Å². The number of thiazole rings is 1. The normalized spacial score (nSPS) is 10.9. The largest absolute Gasteiger partial charge is 0.458 e. The summed E-state index contributed by atoms with van der Waals surface area (Å²) < 4.78 is 6.17. The van der Waals surface area contributed by atoms with E-state index in [9.17, 15) is 14.4 Å². The molecule has 0 aliphatic rings. The molecule has 0 radical (unpaired) electrons. The second kappa shape index (κ2) is 7.61. The van der Waals surface area contributed by atoms with E-state index >= 15 is 0 Å². The lowest BCUT2D eigenvalue weighted by Gasteiger charge is -2.07. The number of benzene rings is 2. The van der Waals surface area contributed by atoms with Gasteiger partial charge in [0.15, 0.2) is 0 Å². The third-order valence-corrected chi connectivity index (χ3v) is 5.06. The van der Waals surface area contributed by atoms with E-state index in [4.69, 9.17) is 4.74 Å². The first kappa shape index (κ1) is 17.9. The van der Waals surface area contributed by atoms with Crippen molar-refractivity contribution in [1.29, 1.82) is 0 Å². The molecule has 0 spiro atoms. The zero-order chi connectivity index (χ0) is 19.5. The van der Waals surface area contributed by atoms with E-state index in [2.05, 4.69) is 10.1 Å². The van der Waals surface area contributed by atoms with E-state index in [1.165, 1.54) is 11.3 Å². The second-order valence-electron chi connectivity index (χ2n) is 6.05. The molecule has 0 aliphatic carbocycles. The van der Waals surface area contributed by atoms with Gasteiger partial charge in [0.2, 0.25) is 0 Å². The molecule has 0 bridgehead atoms. The summed E-state index contributed by atoms with van der Waals surface area (Å²) in [6.07, 6.45) is 0. The van der Waals surface area contributed by atoms with Crippen molar-refractivity contribution in [2.75, 3.05) is 0 Å². The van der Waals surface area contributed by atoms with Crippen molar-refractivity contribution >= 4 is 28.1 Å². The maximum atomic E-state index is 12.4. The fourth-order valence-electron chi connectivity index (χ4n) is 2.77. The summed E-state index contributed by atoms with van der Waals surface area (Å²) in [5.74, 6) is -0.637. The highest BCUT2D eigenvalue weighted by atomic mass is 32.1. The predicted octanol–water partition coefficient (Wildman–Crippen LogP) is 2.56. The van der Waals surface area contributed by atoms with Gasteiger partial charge in [0.05, 0.1) is 16.5 Å². The van der Waals surface area contributed by atoms with Gasteiger partial charge in [-0.2, -0.15) is 0 Å². The van der Waals surface area contributed by atoms with Crippen LogP contribution in [0.5, 0.6) is 0 Å². The lowest BCUT2D eigenvalue weighted by atomic mass is 10.2. The number of aromatic nitrogens is 3. The Hall–Kier alpha value is -3.52. The molecular weight excluding hydrogens is 378 g/mol. The van der Waals surface area contributed by atoms with Crippen LogP contribution in [-0.2, 0) is 22.7 Å². The lowest BCUT2D eigenvalue weighted by Crippen LogP contribution is -2.32. The van der Waals surface area contributed by atoms with E-state index in [0.717, 1.165) is 15.3 Å². The first-order valence-corrected chi connectivity index (χ1v) is 9.37. The summed E-state index contributed by atoms with van der Waals surface area (Å²) in [7, 11) is 0. The van der Waals surface area contributed by atoms with Crippen molar-refractivity contribution in [3.8, 4) is 10.6 Å². The predicted molar refractivity (Wildman–Crippen MR) is 106 cm³/mol. The molecule has 2 heterocycles. The summed E-state index contributed by atoms with van der Waals surface area (Å²) in [5.41, 5.74) is 0.726. The fraction of sp³-hybridized carbons (Fsp3) is 0.100. The SMILES string of the molecule is O=C(Cn1[nH]c(=O)c2ccccc2c1=O)OCc1csc(-c2ccccc2)n1. The standard InChI is InChI=1S/C20H15N3O4S/c24-17(10-23-20(26)16-9-5-4-8-15(16)18(25)22-23)27-11-14-12-28-19(21-14)13-6-2-1-3-7-13/h1-9,12H,10-11H2,(H,22,25).